The van der Waals surface area contributed by atoms with Gasteiger partial charge in [0.1, 0.15) is 6.61 Å². The van der Waals surface area contributed by atoms with Crippen LogP contribution >= 0.6 is 0 Å². The Morgan fingerprint density at radius 2 is 2.06 bits per heavy atom. The molecule has 1 rings (SSSR count). The summed E-state index contributed by atoms with van der Waals surface area (Å²) in [6.07, 6.45) is 0.794. The van der Waals surface area contributed by atoms with Gasteiger partial charge in [0.2, 0.25) is 5.91 Å². The molecule has 0 bridgehead atoms. The Morgan fingerprint density at radius 1 is 1.33 bits per heavy atom. The molecule has 18 heavy (non-hydrogen) atoms. The van der Waals surface area contributed by atoms with E-state index in [1.165, 1.54) is 7.11 Å². The van der Waals surface area contributed by atoms with Crippen molar-refractivity contribution in [1.29, 1.82) is 0 Å². The van der Waals surface area contributed by atoms with Gasteiger partial charge in [0.05, 0.1) is 6.61 Å². The van der Waals surface area contributed by atoms with Crippen molar-refractivity contribution in [3.63, 3.8) is 0 Å². The molecule has 1 aromatic rings. The Hall–Kier alpha value is -1.39. The maximum atomic E-state index is 11.2. The van der Waals surface area contributed by atoms with Crippen molar-refractivity contribution in [2.45, 2.75) is 26.0 Å². The number of ether oxygens (including phenoxy) is 2. The van der Waals surface area contributed by atoms with Crippen LogP contribution in [0.5, 0.6) is 0 Å². The number of amides is 1. The summed E-state index contributed by atoms with van der Waals surface area (Å²) in [5, 5.41) is 2.84. The van der Waals surface area contributed by atoms with E-state index in [0.29, 0.717) is 13.2 Å². The van der Waals surface area contributed by atoms with Crippen LogP contribution in [0.3, 0.4) is 0 Å². The molecule has 0 fully saturated rings. The number of carbonyl (C=O) groups is 1. The lowest BCUT2D eigenvalue weighted by Gasteiger charge is -2.13. The highest BCUT2D eigenvalue weighted by Crippen LogP contribution is 2.01. The van der Waals surface area contributed by atoms with E-state index in [9.17, 15) is 4.79 Å². The largest absolute Gasteiger partial charge is 0.377 e. The number of methoxy groups -OCH3 is 1. The van der Waals surface area contributed by atoms with Gasteiger partial charge in [-0.2, -0.15) is 0 Å². The van der Waals surface area contributed by atoms with Gasteiger partial charge in [-0.05, 0) is 18.9 Å². The van der Waals surface area contributed by atoms with E-state index in [1.807, 2.05) is 37.3 Å². The van der Waals surface area contributed by atoms with E-state index in [-0.39, 0.29) is 18.6 Å². The van der Waals surface area contributed by atoms with Crippen LogP contribution in [0.1, 0.15) is 18.9 Å². The van der Waals surface area contributed by atoms with Crippen molar-refractivity contribution in [2.75, 3.05) is 20.3 Å². The molecule has 1 amide bonds. The zero-order chi connectivity index (χ0) is 13.2. The van der Waals surface area contributed by atoms with Crippen LogP contribution in [0.15, 0.2) is 30.3 Å². The molecule has 0 saturated carbocycles. The fraction of sp³-hybridized carbons (Fsp3) is 0.500. The van der Waals surface area contributed by atoms with E-state index >= 15 is 0 Å². The van der Waals surface area contributed by atoms with Gasteiger partial charge < -0.3 is 14.8 Å². The van der Waals surface area contributed by atoms with E-state index in [2.05, 4.69) is 5.32 Å². The second-order valence-corrected chi connectivity index (χ2v) is 4.23. The van der Waals surface area contributed by atoms with Gasteiger partial charge in [-0.1, -0.05) is 30.3 Å². The molecule has 0 saturated heterocycles. The minimum absolute atomic E-state index is 0.0898. The van der Waals surface area contributed by atoms with Gasteiger partial charge in [-0.3, -0.25) is 4.79 Å². The third kappa shape index (κ3) is 6.37. The summed E-state index contributed by atoms with van der Waals surface area (Å²) in [5.74, 6) is -0.0898. The molecular formula is C14H21NO3. The van der Waals surface area contributed by atoms with Crippen LogP contribution in [-0.4, -0.2) is 32.3 Å². The summed E-state index contributed by atoms with van der Waals surface area (Å²) >= 11 is 0. The summed E-state index contributed by atoms with van der Waals surface area (Å²) in [5.41, 5.74) is 1.16. The standard InChI is InChI=1S/C14H21NO3/c1-12(15-14(16)11-17-2)8-9-18-10-13-6-4-3-5-7-13/h3-7,12H,8-11H2,1-2H3,(H,15,16)/t12-/m0/s1. The number of hydrogen-bond acceptors (Lipinski definition) is 3. The van der Waals surface area contributed by atoms with Crippen molar-refractivity contribution in [3.05, 3.63) is 35.9 Å². The highest BCUT2D eigenvalue weighted by molar-refractivity contribution is 5.77. The highest BCUT2D eigenvalue weighted by atomic mass is 16.5. The lowest BCUT2D eigenvalue weighted by molar-refractivity contribution is -0.125. The third-order valence-corrected chi connectivity index (χ3v) is 2.49. The molecule has 4 heteroatoms. The van der Waals surface area contributed by atoms with Crippen molar-refractivity contribution in [1.82, 2.24) is 5.32 Å². The van der Waals surface area contributed by atoms with Crippen molar-refractivity contribution >= 4 is 5.91 Å². The second-order valence-electron chi connectivity index (χ2n) is 4.23. The Labute approximate surface area is 108 Å². The second kappa shape index (κ2) is 8.66. The molecular weight excluding hydrogens is 230 g/mol. The summed E-state index contributed by atoms with van der Waals surface area (Å²) in [7, 11) is 1.51. The number of benzene rings is 1. The number of hydrogen-bond donors (Lipinski definition) is 1. The molecule has 0 heterocycles. The summed E-state index contributed by atoms with van der Waals surface area (Å²) in [6.45, 7) is 3.30. The predicted molar refractivity (Wildman–Crippen MR) is 70.2 cm³/mol. The van der Waals surface area contributed by atoms with Gasteiger partial charge in [-0.15, -0.1) is 0 Å². The van der Waals surface area contributed by atoms with Gasteiger partial charge >= 0.3 is 0 Å². The zero-order valence-corrected chi connectivity index (χ0v) is 11.0. The van der Waals surface area contributed by atoms with Crippen LogP contribution < -0.4 is 5.32 Å². The Morgan fingerprint density at radius 3 is 2.72 bits per heavy atom. The molecule has 1 aromatic carbocycles. The lowest BCUT2D eigenvalue weighted by atomic mass is 10.2. The SMILES string of the molecule is COCC(=O)N[C@@H](C)CCOCc1ccccc1. The minimum Gasteiger partial charge on any atom is -0.377 e. The summed E-state index contributed by atoms with van der Waals surface area (Å²) < 4.78 is 10.3. The average molecular weight is 251 g/mol. The summed E-state index contributed by atoms with van der Waals surface area (Å²) in [4.78, 5) is 11.2. The molecule has 1 N–H and O–H groups in total. The molecule has 0 unspecified atom stereocenters. The smallest absolute Gasteiger partial charge is 0.246 e. The van der Waals surface area contributed by atoms with Crippen LogP contribution in [0.4, 0.5) is 0 Å². The van der Waals surface area contributed by atoms with Gasteiger partial charge in [-0.25, -0.2) is 0 Å². The molecule has 0 aromatic heterocycles. The lowest BCUT2D eigenvalue weighted by Crippen LogP contribution is -2.35. The fourth-order valence-corrected chi connectivity index (χ4v) is 1.54. The summed E-state index contributed by atoms with van der Waals surface area (Å²) in [6, 6.07) is 10.1. The Kier molecular flexibility index (Phi) is 7.06. The fourth-order valence-electron chi connectivity index (χ4n) is 1.54. The van der Waals surface area contributed by atoms with Crippen molar-refractivity contribution in [2.24, 2.45) is 0 Å². The van der Waals surface area contributed by atoms with Crippen LogP contribution in [0.25, 0.3) is 0 Å². The molecule has 0 spiro atoms. The molecule has 4 nitrogen and oxygen atoms in total. The Balaban J connectivity index is 2.09. The van der Waals surface area contributed by atoms with E-state index in [1.54, 1.807) is 0 Å². The first-order chi connectivity index (χ1) is 8.72. The Bertz CT molecular complexity index is 340. The monoisotopic (exact) mass is 251 g/mol. The normalized spacial score (nSPS) is 12.1. The first kappa shape index (κ1) is 14.7. The van der Waals surface area contributed by atoms with Crippen molar-refractivity contribution < 1.29 is 14.3 Å². The zero-order valence-electron chi connectivity index (χ0n) is 11.0. The molecule has 0 radical (unpaired) electrons. The first-order valence-electron chi connectivity index (χ1n) is 6.12. The molecule has 0 aliphatic carbocycles. The molecule has 0 aliphatic rings. The van der Waals surface area contributed by atoms with E-state index in [4.69, 9.17) is 9.47 Å². The van der Waals surface area contributed by atoms with Gasteiger partial charge in [0.25, 0.3) is 0 Å². The topological polar surface area (TPSA) is 47.6 Å². The number of carbonyl (C=O) groups excluding carboxylic acids is 1. The number of rotatable bonds is 8. The predicted octanol–water partition coefficient (Wildman–Crippen LogP) is 1.74. The van der Waals surface area contributed by atoms with Gasteiger partial charge in [0.15, 0.2) is 0 Å². The van der Waals surface area contributed by atoms with Gasteiger partial charge in [0, 0.05) is 19.8 Å². The molecule has 1 atom stereocenters. The van der Waals surface area contributed by atoms with Crippen LogP contribution in [0, 0.1) is 0 Å². The average Bonchev–Trinajstić information content (AvgIpc) is 2.36. The van der Waals surface area contributed by atoms with E-state index < -0.39 is 0 Å². The number of nitrogens with one attached hydrogen (secondary N) is 1. The first-order valence-corrected chi connectivity index (χ1v) is 6.12. The van der Waals surface area contributed by atoms with Crippen LogP contribution in [0.2, 0.25) is 0 Å². The van der Waals surface area contributed by atoms with Crippen LogP contribution in [-0.2, 0) is 20.9 Å². The third-order valence-electron chi connectivity index (χ3n) is 2.49. The molecule has 100 valence electrons. The highest BCUT2D eigenvalue weighted by Gasteiger charge is 2.06. The molecule has 0 aliphatic heterocycles. The van der Waals surface area contributed by atoms with E-state index in [0.717, 1.165) is 12.0 Å². The minimum atomic E-state index is -0.0898. The maximum absolute atomic E-state index is 11.2. The quantitative estimate of drug-likeness (QED) is 0.716. The maximum Gasteiger partial charge on any atom is 0.246 e. The van der Waals surface area contributed by atoms with Crippen molar-refractivity contribution in [3.8, 4) is 0 Å².